The van der Waals surface area contributed by atoms with Crippen LogP contribution in [0.15, 0.2) is 0 Å². The highest BCUT2D eigenvalue weighted by molar-refractivity contribution is 14.1. The Balaban J connectivity index is 4.73. The first-order valence-electron chi connectivity index (χ1n) is 7.60. The van der Waals surface area contributed by atoms with Crippen LogP contribution in [0.2, 0.25) is 0 Å². The van der Waals surface area contributed by atoms with Crippen LogP contribution in [-0.2, 0) is 13.3 Å². The summed E-state index contributed by atoms with van der Waals surface area (Å²) < 4.78 is 19.5. The highest BCUT2D eigenvalue weighted by Crippen LogP contribution is 2.33. The van der Waals surface area contributed by atoms with E-state index in [1.165, 1.54) is 16.4 Å². The number of hydrogen-bond donors (Lipinski definition) is 0. The zero-order chi connectivity index (χ0) is 14.6. The van der Waals surface area contributed by atoms with Crippen LogP contribution in [0, 0.1) is 3.55 Å². The van der Waals surface area contributed by atoms with Crippen LogP contribution in [0.25, 0.3) is 0 Å². The molecule has 0 aromatic heterocycles. The van der Waals surface area contributed by atoms with Gasteiger partial charge in [-0.3, -0.25) is 0 Å². The van der Waals surface area contributed by atoms with Gasteiger partial charge in [-0.05, 0) is 25.7 Å². The van der Waals surface area contributed by atoms with Crippen LogP contribution >= 0.6 is 22.6 Å². The molecule has 19 heavy (non-hydrogen) atoms. The maximum atomic E-state index is 6.09. The van der Waals surface area contributed by atoms with E-state index in [4.69, 9.17) is 13.3 Å². The number of rotatable bonds is 13. The molecule has 0 spiro atoms. The molecule has 0 bridgehead atoms. The van der Waals surface area contributed by atoms with Crippen molar-refractivity contribution < 1.29 is 13.3 Å². The van der Waals surface area contributed by atoms with Crippen molar-refractivity contribution >= 4 is 31.4 Å². The van der Waals surface area contributed by atoms with E-state index in [0.29, 0.717) is 0 Å². The molecule has 0 saturated heterocycles. The van der Waals surface area contributed by atoms with Crippen LogP contribution in [0.5, 0.6) is 0 Å². The van der Waals surface area contributed by atoms with E-state index >= 15 is 0 Å². The molecule has 0 aromatic rings. The van der Waals surface area contributed by atoms with E-state index in [1.54, 1.807) is 0 Å². The van der Waals surface area contributed by atoms with Gasteiger partial charge >= 0.3 is 8.80 Å². The lowest BCUT2D eigenvalue weighted by atomic mass is 10.3. The number of halogens is 1. The summed E-state index contributed by atoms with van der Waals surface area (Å²) in [5.74, 6) is 0. The highest BCUT2D eigenvalue weighted by atomic mass is 127. The molecule has 5 heteroatoms. The van der Waals surface area contributed by atoms with Gasteiger partial charge in [-0.15, -0.1) is 0 Å². The van der Waals surface area contributed by atoms with Crippen molar-refractivity contribution in [2.75, 3.05) is 19.8 Å². The van der Waals surface area contributed by atoms with E-state index in [2.05, 4.69) is 50.3 Å². The van der Waals surface area contributed by atoms with E-state index in [-0.39, 0.29) is 0 Å². The summed E-state index contributed by atoms with van der Waals surface area (Å²) in [5.41, 5.74) is 0. The molecule has 0 fully saturated rings. The van der Waals surface area contributed by atoms with Gasteiger partial charge in [0.25, 0.3) is 0 Å². The molecular formula is C14H30IO3Si. The van der Waals surface area contributed by atoms with Crippen LogP contribution in [0.1, 0.15) is 66.2 Å². The fourth-order valence-corrected chi connectivity index (χ4v) is 5.96. The third-order valence-corrected chi connectivity index (χ3v) is 7.76. The highest BCUT2D eigenvalue weighted by Gasteiger charge is 2.48. The second kappa shape index (κ2) is 12.6. The van der Waals surface area contributed by atoms with Gasteiger partial charge in [-0.1, -0.05) is 63.1 Å². The van der Waals surface area contributed by atoms with Crippen molar-refractivity contribution in [2.24, 2.45) is 0 Å². The lowest BCUT2D eigenvalue weighted by Gasteiger charge is -2.32. The molecule has 0 rings (SSSR count). The van der Waals surface area contributed by atoms with Crippen molar-refractivity contribution in [1.82, 2.24) is 0 Å². The molecular weight excluding hydrogens is 371 g/mol. The normalized spacial score (nSPS) is 12.3. The quantitative estimate of drug-likeness (QED) is 0.325. The summed E-state index contributed by atoms with van der Waals surface area (Å²) in [4.78, 5) is 0. The van der Waals surface area contributed by atoms with Crippen LogP contribution in [0.4, 0.5) is 0 Å². The fraction of sp³-hybridized carbons (Fsp3) is 0.929. The molecule has 0 unspecified atom stereocenters. The van der Waals surface area contributed by atoms with E-state index < -0.39 is 8.80 Å². The molecule has 0 aliphatic rings. The summed E-state index contributed by atoms with van der Waals surface area (Å²) in [6.45, 7) is 10.7. The minimum absolute atomic E-state index is 0.721. The minimum atomic E-state index is -2.60. The molecule has 0 atom stereocenters. The van der Waals surface area contributed by atoms with Crippen molar-refractivity contribution in [3.63, 3.8) is 0 Å². The van der Waals surface area contributed by atoms with E-state index in [9.17, 15) is 0 Å². The maximum Gasteiger partial charge on any atom is 0.519 e. The largest absolute Gasteiger partial charge is 0.519 e. The Morgan fingerprint density at radius 2 is 1.21 bits per heavy atom. The van der Waals surface area contributed by atoms with Gasteiger partial charge in [0.15, 0.2) is 0 Å². The van der Waals surface area contributed by atoms with Crippen LogP contribution in [-0.4, -0.2) is 28.6 Å². The first kappa shape index (κ1) is 19.8. The van der Waals surface area contributed by atoms with Crippen molar-refractivity contribution in [1.29, 1.82) is 0 Å². The maximum absolute atomic E-state index is 6.09. The van der Waals surface area contributed by atoms with Gasteiger partial charge in [-0.25, -0.2) is 0 Å². The Kier molecular flexibility index (Phi) is 13.1. The number of hydrogen-bond acceptors (Lipinski definition) is 3. The Morgan fingerprint density at radius 3 is 1.53 bits per heavy atom. The molecule has 0 N–H and O–H groups in total. The SMILES string of the molecule is CCCC[C](I)[Si](OCCC)(OCCC)OCCC. The monoisotopic (exact) mass is 401 g/mol. The summed E-state index contributed by atoms with van der Waals surface area (Å²) in [5, 5.41) is 0. The summed E-state index contributed by atoms with van der Waals surface area (Å²) in [7, 11) is -2.60. The summed E-state index contributed by atoms with van der Waals surface area (Å²) in [6, 6.07) is 0. The molecule has 115 valence electrons. The summed E-state index contributed by atoms with van der Waals surface area (Å²) in [6.07, 6.45) is 6.40. The van der Waals surface area contributed by atoms with Gasteiger partial charge in [0, 0.05) is 19.8 Å². The molecule has 3 nitrogen and oxygen atoms in total. The molecule has 0 heterocycles. The average molecular weight is 401 g/mol. The van der Waals surface area contributed by atoms with Gasteiger partial charge in [0.2, 0.25) is 0 Å². The van der Waals surface area contributed by atoms with E-state index in [0.717, 1.165) is 45.5 Å². The molecule has 0 aliphatic heterocycles. The fourth-order valence-electron chi connectivity index (χ4n) is 1.55. The van der Waals surface area contributed by atoms with Crippen LogP contribution < -0.4 is 0 Å². The van der Waals surface area contributed by atoms with Crippen LogP contribution in [0.3, 0.4) is 0 Å². The zero-order valence-corrected chi connectivity index (χ0v) is 16.1. The Morgan fingerprint density at radius 1 is 0.789 bits per heavy atom. The van der Waals surface area contributed by atoms with Crippen molar-refractivity contribution in [3.8, 4) is 0 Å². The zero-order valence-electron chi connectivity index (χ0n) is 13.0. The predicted molar refractivity (Wildman–Crippen MR) is 91.3 cm³/mol. The molecule has 0 aromatic carbocycles. The summed E-state index contributed by atoms with van der Waals surface area (Å²) >= 11 is 2.40. The minimum Gasteiger partial charge on any atom is -0.373 e. The Labute approximate surface area is 134 Å². The van der Waals surface area contributed by atoms with E-state index in [1.807, 2.05) is 0 Å². The van der Waals surface area contributed by atoms with Gasteiger partial charge in [0.05, 0.1) is 0 Å². The third-order valence-electron chi connectivity index (χ3n) is 2.57. The Bertz CT molecular complexity index is 183. The molecule has 0 saturated carbocycles. The smallest absolute Gasteiger partial charge is 0.373 e. The van der Waals surface area contributed by atoms with Gasteiger partial charge < -0.3 is 13.3 Å². The molecule has 1 radical (unpaired) electrons. The predicted octanol–water partition coefficient (Wildman–Crippen LogP) is 4.90. The topological polar surface area (TPSA) is 27.7 Å². The third kappa shape index (κ3) is 7.99. The first-order chi connectivity index (χ1) is 9.16. The second-order valence-electron chi connectivity index (χ2n) is 4.61. The lowest BCUT2D eigenvalue weighted by Crippen LogP contribution is -2.50. The molecule has 0 aliphatic carbocycles. The molecule has 0 amide bonds. The Hall–Kier alpha value is 0.827. The lowest BCUT2D eigenvalue weighted by molar-refractivity contribution is 0.0653. The van der Waals surface area contributed by atoms with Crippen molar-refractivity contribution in [3.05, 3.63) is 3.55 Å². The first-order valence-corrected chi connectivity index (χ1v) is 10.4. The van der Waals surface area contributed by atoms with Gasteiger partial charge in [-0.2, -0.15) is 0 Å². The van der Waals surface area contributed by atoms with Crippen molar-refractivity contribution in [2.45, 2.75) is 66.2 Å². The average Bonchev–Trinajstić information content (AvgIpc) is 2.44. The number of unbranched alkanes of at least 4 members (excludes halogenated alkanes) is 1. The van der Waals surface area contributed by atoms with Gasteiger partial charge in [0.1, 0.15) is 3.55 Å². The standard InChI is InChI=1S/C14H30IO3Si/c1-5-9-10-14(15)19(16-11-6-2,17-12-7-3)18-13-8-4/h5-13H2,1-4H3. The second-order valence-corrected chi connectivity index (χ2v) is 9.51.